The summed E-state index contributed by atoms with van der Waals surface area (Å²) in [4.78, 5) is 12.4. The molecule has 1 aliphatic carbocycles. The van der Waals surface area contributed by atoms with Gasteiger partial charge in [-0.1, -0.05) is 24.0 Å². The molecule has 1 aliphatic rings. The highest BCUT2D eigenvalue weighted by molar-refractivity contribution is 7.89. The second-order valence-corrected chi connectivity index (χ2v) is 8.65. The van der Waals surface area contributed by atoms with Crippen molar-refractivity contribution in [3.8, 4) is 11.8 Å². The Hall–Kier alpha value is -2.83. The molecule has 30 heavy (non-hydrogen) atoms. The fraction of sp³-hybridized carbons (Fsp3) is 0.286. The first-order chi connectivity index (χ1) is 14.1. The molecule has 0 unspecified atom stereocenters. The zero-order valence-corrected chi connectivity index (χ0v) is 16.8. The number of nitrogens with one attached hydrogen (secondary N) is 2. The quantitative estimate of drug-likeness (QED) is 0.707. The Balaban J connectivity index is 1.67. The molecule has 0 heterocycles. The smallest absolute Gasteiger partial charge is 0.341 e. The Morgan fingerprint density at radius 2 is 1.90 bits per heavy atom. The van der Waals surface area contributed by atoms with Crippen molar-refractivity contribution in [1.29, 1.82) is 0 Å². The number of hydrogen-bond acceptors (Lipinski definition) is 3. The summed E-state index contributed by atoms with van der Waals surface area (Å²) in [5.41, 5.74) is 0.152. The van der Waals surface area contributed by atoms with Gasteiger partial charge in [-0.15, -0.1) is 0 Å². The molecule has 0 atom stereocenters. The minimum atomic E-state index is -4.46. The predicted octanol–water partition coefficient (Wildman–Crippen LogP) is 3.24. The van der Waals surface area contributed by atoms with Gasteiger partial charge in [0, 0.05) is 17.2 Å². The zero-order valence-electron chi connectivity index (χ0n) is 16.0. The van der Waals surface area contributed by atoms with E-state index in [1.54, 1.807) is 13.0 Å². The molecule has 2 aromatic carbocycles. The molecule has 0 bridgehead atoms. The van der Waals surface area contributed by atoms with Crippen LogP contribution in [-0.2, 0) is 16.2 Å². The second-order valence-electron chi connectivity index (χ2n) is 6.94. The average Bonchev–Trinajstić information content (AvgIpc) is 3.48. The van der Waals surface area contributed by atoms with E-state index in [2.05, 4.69) is 21.9 Å². The average molecular weight is 436 g/mol. The molecule has 0 aromatic heterocycles. The summed E-state index contributed by atoms with van der Waals surface area (Å²) in [6, 6.07) is 8.81. The lowest BCUT2D eigenvalue weighted by atomic mass is 10.1. The van der Waals surface area contributed by atoms with Gasteiger partial charge in [0.25, 0.3) is 5.91 Å². The maximum atomic E-state index is 12.7. The minimum absolute atomic E-state index is 0.000185. The first kappa shape index (κ1) is 21.9. The van der Waals surface area contributed by atoms with E-state index in [1.807, 2.05) is 0 Å². The van der Waals surface area contributed by atoms with Crippen molar-refractivity contribution in [1.82, 2.24) is 10.0 Å². The number of hydrogen-bond donors (Lipinski definition) is 2. The van der Waals surface area contributed by atoms with Gasteiger partial charge in [0.1, 0.15) is 0 Å². The van der Waals surface area contributed by atoms with E-state index in [9.17, 15) is 26.4 Å². The van der Waals surface area contributed by atoms with E-state index in [1.165, 1.54) is 24.3 Å². The van der Waals surface area contributed by atoms with Gasteiger partial charge in [-0.2, -0.15) is 13.2 Å². The fourth-order valence-electron chi connectivity index (χ4n) is 2.64. The van der Waals surface area contributed by atoms with Crippen molar-refractivity contribution in [2.45, 2.75) is 36.9 Å². The molecule has 1 saturated carbocycles. The Morgan fingerprint density at radius 3 is 2.57 bits per heavy atom. The van der Waals surface area contributed by atoms with E-state index in [0.717, 1.165) is 25.0 Å². The summed E-state index contributed by atoms with van der Waals surface area (Å²) in [5, 5.41) is 2.54. The van der Waals surface area contributed by atoms with Crippen molar-refractivity contribution >= 4 is 15.9 Å². The van der Waals surface area contributed by atoms with Crippen LogP contribution in [0.1, 0.15) is 39.9 Å². The third-order valence-electron chi connectivity index (χ3n) is 4.42. The molecule has 0 spiro atoms. The third-order valence-corrected chi connectivity index (χ3v) is 5.94. The van der Waals surface area contributed by atoms with Crippen LogP contribution in [0.25, 0.3) is 0 Å². The summed E-state index contributed by atoms with van der Waals surface area (Å²) < 4.78 is 65.4. The van der Waals surface area contributed by atoms with E-state index in [-0.39, 0.29) is 28.6 Å². The Kier molecular flexibility index (Phi) is 6.19. The number of sulfonamides is 1. The van der Waals surface area contributed by atoms with Crippen LogP contribution in [0.3, 0.4) is 0 Å². The summed E-state index contributed by atoms with van der Waals surface area (Å²) in [6.45, 7) is 1.57. The van der Waals surface area contributed by atoms with Gasteiger partial charge in [0.15, 0.2) is 0 Å². The van der Waals surface area contributed by atoms with Crippen LogP contribution >= 0.6 is 0 Å². The van der Waals surface area contributed by atoms with Crippen molar-refractivity contribution < 1.29 is 26.4 Å². The number of carbonyl (C=O) groups is 1. The molecule has 2 aromatic rings. The molecule has 5 nitrogen and oxygen atoms in total. The number of rotatable bonds is 5. The maximum Gasteiger partial charge on any atom is 0.416 e. The molecular weight excluding hydrogens is 417 g/mol. The molecule has 9 heteroatoms. The van der Waals surface area contributed by atoms with Gasteiger partial charge < -0.3 is 5.32 Å². The first-order valence-electron chi connectivity index (χ1n) is 9.13. The SMILES string of the molecule is Cc1ccc(S(=O)(=O)NC2CC2)cc1C(=O)NCC#Cc1cccc(C(F)(F)F)c1. The molecule has 2 N–H and O–H groups in total. The summed E-state index contributed by atoms with van der Waals surface area (Å²) in [6.07, 6.45) is -2.87. The largest absolute Gasteiger partial charge is 0.416 e. The molecule has 0 saturated heterocycles. The Labute approximate surface area is 172 Å². The molecule has 1 fully saturated rings. The molecule has 0 radical (unpaired) electrons. The number of benzene rings is 2. The van der Waals surface area contributed by atoms with Crippen LogP contribution < -0.4 is 10.0 Å². The molecule has 0 aliphatic heterocycles. The van der Waals surface area contributed by atoms with E-state index < -0.39 is 27.7 Å². The number of alkyl halides is 3. The standard InChI is InChI=1S/C21H19F3N2O3S/c1-14-7-10-18(30(28,29)26-17-8-9-17)13-19(14)20(27)25-11-3-5-15-4-2-6-16(12-15)21(22,23)24/h2,4,6-7,10,12-13,17,26H,8-9,11H2,1H3,(H,25,27). The summed E-state index contributed by atoms with van der Waals surface area (Å²) in [7, 11) is -3.70. The Bertz CT molecular complexity index is 1130. The lowest BCUT2D eigenvalue weighted by Crippen LogP contribution is -2.27. The van der Waals surface area contributed by atoms with Crippen LogP contribution in [-0.4, -0.2) is 26.9 Å². The van der Waals surface area contributed by atoms with Crippen molar-refractivity contribution in [2.24, 2.45) is 0 Å². The summed E-state index contributed by atoms with van der Waals surface area (Å²) >= 11 is 0. The number of amides is 1. The van der Waals surface area contributed by atoms with Crippen LogP contribution in [0.5, 0.6) is 0 Å². The number of carbonyl (C=O) groups excluding carboxylic acids is 1. The van der Waals surface area contributed by atoms with Crippen LogP contribution in [0.4, 0.5) is 13.2 Å². The lowest BCUT2D eigenvalue weighted by Gasteiger charge is -2.10. The minimum Gasteiger partial charge on any atom is -0.341 e. The molecule has 158 valence electrons. The van der Waals surface area contributed by atoms with Gasteiger partial charge in [0.05, 0.1) is 17.0 Å². The van der Waals surface area contributed by atoms with Crippen molar-refractivity contribution in [2.75, 3.05) is 6.54 Å². The lowest BCUT2D eigenvalue weighted by molar-refractivity contribution is -0.137. The monoisotopic (exact) mass is 436 g/mol. The normalized spacial score (nSPS) is 14.0. The van der Waals surface area contributed by atoms with Crippen molar-refractivity contribution in [3.63, 3.8) is 0 Å². The fourth-order valence-corrected chi connectivity index (χ4v) is 3.97. The summed E-state index contributed by atoms with van der Waals surface area (Å²) in [5.74, 6) is 4.65. The maximum absolute atomic E-state index is 12.7. The van der Waals surface area contributed by atoms with Gasteiger partial charge >= 0.3 is 6.18 Å². The third kappa shape index (κ3) is 5.62. The molecular formula is C21H19F3N2O3S. The molecule has 3 rings (SSSR count). The number of halogens is 3. The van der Waals surface area contributed by atoms with Gasteiger partial charge in [-0.25, -0.2) is 13.1 Å². The molecule has 1 amide bonds. The highest BCUT2D eigenvalue weighted by atomic mass is 32.2. The van der Waals surface area contributed by atoms with E-state index >= 15 is 0 Å². The number of aryl methyl sites for hydroxylation is 1. The topological polar surface area (TPSA) is 75.3 Å². The highest BCUT2D eigenvalue weighted by Gasteiger charge is 2.30. The van der Waals surface area contributed by atoms with Gasteiger partial charge in [-0.3, -0.25) is 4.79 Å². The van der Waals surface area contributed by atoms with Crippen molar-refractivity contribution in [3.05, 3.63) is 64.7 Å². The highest BCUT2D eigenvalue weighted by Crippen LogP contribution is 2.29. The van der Waals surface area contributed by atoms with Crippen LogP contribution in [0.15, 0.2) is 47.4 Å². The van der Waals surface area contributed by atoms with E-state index in [0.29, 0.717) is 5.56 Å². The van der Waals surface area contributed by atoms with Gasteiger partial charge in [0.2, 0.25) is 10.0 Å². The van der Waals surface area contributed by atoms with Gasteiger partial charge in [-0.05, 0) is 55.7 Å². The Morgan fingerprint density at radius 1 is 1.17 bits per heavy atom. The zero-order chi connectivity index (χ0) is 21.9. The van der Waals surface area contributed by atoms with E-state index in [4.69, 9.17) is 0 Å². The second kappa shape index (κ2) is 8.50. The predicted molar refractivity (Wildman–Crippen MR) is 105 cm³/mol. The van der Waals surface area contributed by atoms with Crippen LogP contribution in [0.2, 0.25) is 0 Å². The van der Waals surface area contributed by atoms with Crippen LogP contribution in [0, 0.1) is 18.8 Å². The first-order valence-corrected chi connectivity index (χ1v) is 10.6.